The quantitative estimate of drug-likeness (QED) is 0.417. The zero-order chi connectivity index (χ0) is 15.9. The summed E-state index contributed by atoms with van der Waals surface area (Å²) >= 11 is 0. The van der Waals surface area contributed by atoms with Gasteiger partial charge in [-0.1, -0.05) is 54.6 Å². The average molecular weight is 295 g/mol. The largest absolute Gasteiger partial charge is 0.384 e. The van der Waals surface area contributed by atoms with E-state index in [4.69, 9.17) is 11.1 Å². The molecule has 0 aliphatic rings. The zero-order valence-corrected chi connectivity index (χ0v) is 12.6. The average Bonchev–Trinajstić information content (AvgIpc) is 2.55. The Morgan fingerprint density at radius 3 is 2.36 bits per heavy atom. The third-order valence-electron chi connectivity index (χ3n) is 3.65. The highest BCUT2D eigenvalue weighted by molar-refractivity contribution is 5.94. The van der Waals surface area contributed by atoms with Crippen LogP contribution in [0, 0.1) is 5.41 Å². The predicted octanol–water partition coefficient (Wildman–Crippen LogP) is 2.43. The van der Waals surface area contributed by atoms with Gasteiger partial charge in [0, 0.05) is 11.6 Å². The van der Waals surface area contributed by atoms with Gasteiger partial charge in [-0.25, -0.2) is 0 Å². The highest BCUT2D eigenvalue weighted by Crippen LogP contribution is 2.15. The Hall–Kier alpha value is -2.46. The second-order valence-electron chi connectivity index (χ2n) is 5.36. The Morgan fingerprint density at radius 2 is 1.82 bits per heavy atom. The van der Waals surface area contributed by atoms with E-state index in [0.717, 1.165) is 17.4 Å². The van der Waals surface area contributed by atoms with Gasteiger partial charge < -0.3 is 15.8 Å². The highest BCUT2D eigenvalue weighted by atomic mass is 16.1. The maximum absolute atomic E-state index is 11.3. The van der Waals surface area contributed by atoms with Crippen molar-refractivity contribution in [2.45, 2.75) is 25.4 Å². The van der Waals surface area contributed by atoms with Crippen molar-refractivity contribution in [3.63, 3.8) is 0 Å². The van der Waals surface area contributed by atoms with Crippen molar-refractivity contribution in [3.8, 4) is 0 Å². The van der Waals surface area contributed by atoms with E-state index in [2.05, 4.69) is 5.32 Å². The van der Waals surface area contributed by atoms with Crippen LogP contribution in [0.4, 0.5) is 0 Å². The molecule has 0 saturated carbocycles. The fourth-order valence-corrected chi connectivity index (χ4v) is 2.38. The zero-order valence-electron chi connectivity index (χ0n) is 12.6. The molecule has 0 aliphatic heterocycles. The maximum Gasteiger partial charge on any atom is 0.137 e. The lowest BCUT2D eigenvalue weighted by molar-refractivity contribution is -0.109. The van der Waals surface area contributed by atoms with Crippen LogP contribution in [-0.2, 0) is 11.2 Å². The molecule has 0 radical (unpaired) electrons. The molecule has 0 amide bonds. The molecule has 0 fully saturated rings. The Bertz CT molecular complexity index is 623. The van der Waals surface area contributed by atoms with E-state index in [1.165, 1.54) is 0 Å². The molecule has 0 bridgehead atoms. The predicted molar refractivity (Wildman–Crippen MR) is 89.0 cm³/mol. The van der Waals surface area contributed by atoms with Crippen LogP contribution in [0.15, 0.2) is 54.6 Å². The molecule has 0 heterocycles. The standard InChI is InChI=1S/C18H21N3O/c1-13(15-7-9-16(10-8-15)18(19)20)21-17(12-22)11-14-5-3-2-4-6-14/h2-10,12-13,17,21H,11H2,1H3,(H3,19,20)/t13?,17-/m0/s1. The number of amidine groups is 1. The summed E-state index contributed by atoms with van der Waals surface area (Å²) in [7, 11) is 0. The third kappa shape index (κ3) is 4.27. The van der Waals surface area contributed by atoms with Crippen molar-refractivity contribution >= 4 is 12.1 Å². The molecule has 4 nitrogen and oxygen atoms in total. The van der Waals surface area contributed by atoms with Gasteiger partial charge in [0.05, 0.1) is 6.04 Å². The first-order chi connectivity index (χ1) is 10.6. The molecule has 1 unspecified atom stereocenters. The van der Waals surface area contributed by atoms with Gasteiger partial charge in [-0.3, -0.25) is 5.41 Å². The minimum atomic E-state index is -0.232. The fraction of sp³-hybridized carbons (Fsp3) is 0.222. The number of hydrogen-bond donors (Lipinski definition) is 3. The molecule has 2 atom stereocenters. The van der Waals surface area contributed by atoms with Gasteiger partial charge in [-0.15, -0.1) is 0 Å². The molecule has 0 spiro atoms. The summed E-state index contributed by atoms with van der Waals surface area (Å²) in [5.74, 6) is 0.0574. The van der Waals surface area contributed by atoms with Gasteiger partial charge in [-0.05, 0) is 24.5 Å². The summed E-state index contributed by atoms with van der Waals surface area (Å²) < 4.78 is 0. The molecule has 0 saturated heterocycles. The molecule has 2 rings (SSSR count). The van der Waals surface area contributed by atoms with Crippen LogP contribution >= 0.6 is 0 Å². The van der Waals surface area contributed by atoms with Gasteiger partial charge in [0.1, 0.15) is 12.1 Å². The van der Waals surface area contributed by atoms with Crippen LogP contribution in [0.2, 0.25) is 0 Å². The summed E-state index contributed by atoms with van der Waals surface area (Å²) in [6.07, 6.45) is 1.62. The molecule has 2 aromatic carbocycles. The Morgan fingerprint density at radius 1 is 1.18 bits per heavy atom. The molecule has 0 aromatic heterocycles. The second-order valence-corrected chi connectivity index (χ2v) is 5.36. The molecule has 4 heteroatoms. The van der Waals surface area contributed by atoms with E-state index in [1.54, 1.807) is 0 Å². The van der Waals surface area contributed by atoms with E-state index in [9.17, 15) is 4.79 Å². The number of benzene rings is 2. The molecule has 114 valence electrons. The number of carbonyl (C=O) groups excluding carboxylic acids is 1. The second kappa shape index (κ2) is 7.52. The number of hydrogen-bond acceptors (Lipinski definition) is 3. The number of carbonyl (C=O) groups is 1. The Labute approximate surface area is 130 Å². The lowest BCUT2D eigenvalue weighted by atomic mass is 10.0. The molecular formula is C18H21N3O. The number of nitrogens with one attached hydrogen (secondary N) is 2. The first-order valence-corrected chi connectivity index (χ1v) is 7.29. The SMILES string of the molecule is CC(N[C@H](C=O)Cc1ccccc1)c1ccc(C(=N)N)cc1. The molecule has 4 N–H and O–H groups in total. The van der Waals surface area contributed by atoms with Gasteiger partial charge in [0.2, 0.25) is 0 Å². The van der Waals surface area contributed by atoms with Crippen LogP contribution < -0.4 is 11.1 Å². The van der Waals surface area contributed by atoms with Crippen LogP contribution in [-0.4, -0.2) is 18.2 Å². The first-order valence-electron chi connectivity index (χ1n) is 7.29. The summed E-state index contributed by atoms with van der Waals surface area (Å²) in [5.41, 5.74) is 8.34. The lowest BCUT2D eigenvalue weighted by Crippen LogP contribution is -2.34. The van der Waals surface area contributed by atoms with Crippen molar-refractivity contribution in [2.75, 3.05) is 0 Å². The van der Waals surface area contributed by atoms with E-state index in [-0.39, 0.29) is 17.9 Å². The maximum atomic E-state index is 11.3. The van der Waals surface area contributed by atoms with Crippen LogP contribution in [0.1, 0.15) is 29.7 Å². The minimum absolute atomic E-state index is 0.0416. The summed E-state index contributed by atoms with van der Waals surface area (Å²) in [4.78, 5) is 11.3. The van der Waals surface area contributed by atoms with Crippen molar-refractivity contribution < 1.29 is 4.79 Å². The van der Waals surface area contributed by atoms with Gasteiger partial charge >= 0.3 is 0 Å². The molecular weight excluding hydrogens is 274 g/mol. The van der Waals surface area contributed by atoms with Crippen molar-refractivity contribution in [3.05, 3.63) is 71.3 Å². The smallest absolute Gasteiger partial charge is 0.137 e. The topological polar surface area (TPSA) is 79.0 Å². The number of aldehydes is 1. The van der Waals surface area contributed by atoms with E-state index in [1.807, 2.05) is 61.5 Å². The van der Waals surface area contributed by atoms with Gasteiger partial charge in [0.15, 0.2) is 0 Å². The normalized spacial score (nSPS) is 13.3. The Kier molecular flexibility index (Phi) is 5.44. The first kappa shape index (κ1) is 15.9. The Balaban J connectivity index is 2.01. The highest BCUT2D eigenvalue weighted by Gasteiger charge is 2.13. The summed E-state index contributed by atoms with van der Waals surface area (Å²) in [6.45, 7) is 2.02. The number of rotatable bonds is 7. The van der Waals surface area contributed by atoms with E-state index >= 15 is 0 Å². The lowest BCUT2D eigenvalue weighted by Gasteiger charge is -2.20. The number of nitrogens with two attached hydrogens (primary N) is 1. The van der Waals surface area contributed by atoms with Crippen molar-refractivity contribution in [2.24, 2.45) is 5.73 Å². The monoisotopic (exact) mass is 295 g/mol. The summed E-state index contributed by atoms with van der Waals surface area (Å²) in [5, 5.41) is 10.7. The fourth-order valence-electron chi connectivity index (χ4n) is 2.38. The van der Waals surface area contributed by atoms with Crippen molar-refractivity contribution in [1.29, 1.82) is 5.41 Å². The molecule has 2 aromatic rings. The van der Waals surface area contributed by atoms with Crippen LogP contribution in [0.25, 0.3) is 0 Å². The third-order valence-corrected chi connectivity index (χ3v) is 3.65. The van der Waals surface area contributed by atoms with Gasteiger partial charge in [0.25, 0.3) is 0 Å². The number of nitrogen functional groups attached to an aromatic ring is 1. The van der Waals surface area contributed by atoms with Crippen LogP contribution in [0.5, 0.6) is 0 Å². The van der Waals surface area contributed by atoms with E-state index < -0.39 is 0 Å². The van der Waals surface area contributed by atoms with E-state index in [0.29, 0.717) is 12.0 Å². The van der Waals surface area contributed by atoms with Crippen molar-refractivity contribution in [1.82, 2.24) is 5.32 Å². The molecule has 22 heavy (non-hydrogen) atoms. The minimum Gasteiger partial charge on any atom is -0.384 e. The molecule has 0 aliphatic carbocycles. The van der Waals surface area contributed by atoms with Crippen LogP contribution in [0.3, 0.4) is 0 Å². The summed E-state index contributed by atoms with van der Waals surface area (Å²) in [6, 6.07) is 17.3. The van der Waals surface area contributed by atoms with Gasteiger partial charge in [-0.2, -0.15) is 0 Å².